The smallest absolute Gasteiger partial charge is 0.212 e. The number of rotatable bonds is 2. The minimum atomic E-state index is 0.143. The topological polar surface area (TPSA) is 55.2 Å². The fourth-order valence-electron chi connectivity index (χ4n) is 1.26. The number of aromatic hydroxyl groups is 1. The Balaban J connectivity index is 2.42. The monoisotopic (exact) mass is 202 g/mol. The Morgan fingerprint density at radius 3 is 2.67 bits per heavy atom. The lowest BCUT2D eigenvalue weighted by atomic mass is 10.2. The predicted molar refractivity (Wildman–Crippen MR) is 55.7 cm³/mol. The van der Waals surface area contributed by atoms with Gasteiger partial charge in [0.2, 0.25) is 5.88 Å². The van der Waals surface area contributed by atoms with Crippen LogP contribution in [0.4, 0.5) is 0 Å². The molecule has 0 saturated carbocycles. The summed E-state index contributed by atoms with van der Waals surface area (Å²) in [6.07, 6.45) is 3.24. The van der Waals surface area contributed by atoms with E-state index in [1.165, 1.54) is 0 Å². The van der Waals surface area contributed by atoms with E-state index in [0.29, 0.717) is 11.6 Å². The molecular formula is C11H10N2O2. The number of nitrogens with zero attached hydrogens (tertiary/aromatic N) is 2. The van der Waals surface area contributed by atoms with E-state index in [9.17, 15) is 5.11 Å². The molecule has 4 nitrogen and oxygen atoms in total. The molecule has 2 heterocycles. The molecule has 0 aliphatic carbocycles. The Bertz CT molecular complexity index is 454. The van der Waals surface area contributed by atoms with Gasteiger partial charge in [0.1, 0.15) is 11.4 Å². The third kappa shape index (κ3) is 1.88. The van der Waals surface area contributed by atoms with E-state index < -0.39 is 0 Å². The van der Waals surface area contributed by atoms with Crippen LogP contribution in [0, 0.1) is 0 Å². The average molecular weight is 202 g/mol. The minimum absolute atomic E-state index is 0.143. The van der Waals surface area contributed by atoms with Crippen molar-refractivity contribution in [3.8, 4) is 22.9 Å². The van der Waals surface area contributed by atoms with Crippen molar-refractivity contribution in [3.05, 3.63) is 36.7 Å². The molecule has 0 unspecified atom stereocenters. The number of aromatic nitrogens is 2. The van der Waals surface area contributed by atoms with Crippen molar-refractivity contribution < 1.29 is 9.84 Å². The van der Waals surface area contributed by atoms with Crippen LogP contribution in [-0.2, 0) is 0 Å². The molecule has 15 heavy (non-hydrogen) atoms. The van der Waals surface area contributed by atoms with Crippen LogP contribution in [-0.4, -0.2) is 22.2 Å². The molecule has 0 amide bonds. The Labute approximate surface area is 87.2 Å². The molecule has 76 valence electrons. The van der Waals surface area contributed by atoms with Gasteiger partial charge in [-0.3, -0.25) is 4.98 Å². The first-order chi connectivity index (χ1) is 7.31. The Kier molecular flexibility index (Phi) is 2.49. The van der Waals surface area contributed by atoms with Gasteiger partial charge >= 0.3 is 0 Å². The Morgan fingerprint density at radius 2 is 2.07 bits per heavy atom. The van der Waals surface area contributed by atoms with E-state index in [1.54, 1.807) is 43.8 Å². The highest BCUT2D eigenvalue weighted by molar-refractivity contribution is 5.64. The van der Waals surface area contributed by atoms with Crippen LogP contribution < -0.4 is 4.74 Å². The van der Waals surface area contributed by atoms with Gasteiger partial charge in [0.15, 0.2) is 0 Å². The van der Waals surface area contributed by atoms with Gasteiger partial charge in [-0.2, -0.15) is 0 Å². The molecule has 1 N–H and O–H groups in total. The van der Waals surface area contributed by atoms with E-state index in [1.807, 2.05) is 0 Å². The zero-order valence-corrected chi connectivity index (χ0v) is 8.21. The number of methoxy groups -OCH3 is 1. The van der Waals surface area contributed by atoms with Crippen molar-refractivity contribution in [1.29, 1.82) is 0 Å². The molecule has 0 aliphatic rings. The number of pyridine rings is 2. The third-order valence-electron chi connectivity index (χ3n) is 2.01. The highest BCUT2D eigenvalue weighted by Crippen LogP contribution is 2.25. The van der Waals surface area contributed by atoms with Crippen molar-refractivity contribution >= 4 is 0 Å². The standard InChI is InChI=1S/C11H10N2O2/c1-15-10-5-4-8(7-13-10)11-9(14)3-2-6-12-11/h2-7,14H,1H3. The first-order valence-corrected chi connectivity index (χ1v) is 4.45. The second-order valence-electron chi connectivity index (χ2n) is 2.96. The maximum absolute atomic E-state index is 9.57. The van der Waals surface area contributed by atoms with E-state index in [-0.39, 0.29) is 5.75 Å². The molecule has 0 aromatic carbocycles. The van der Waals surface area contributed by atoms with Gasteiger partial charge in [-0.05, 0) is 18.2 Å². The van der Waals surface area contributed by atoms with E-state index in [2.05, 4.69) is 9.97 Å². The first kappa shape index (κ1) is 9.45. The molecule has 0 fully saturated rings. The van der Waals surface area contributed by atoms with E-state index in [4.69, 9.17) is 4.74 Å². The summed E-state index contributed by atoms with van der Waals surface area (Å²) in [5, 5.41) is 9.57. The number of hydrogen-bond acceptors (Lipinski definition) is 4. The summed E-state index contributed by atoms with van der Waals surface area (Å²) in [6, 6.07) is 6.79. The Morgan fingerprint density at radius 1 is 1.20 bits per heavy atom. The van der Waals surface area contributed by atoms with Gasteiger partial charge in [0, 0.05) is 24.0 Å². The molecule has 2 aromatic heterocycles. The summed E-state index contributed by atoms with van der Waals surface area (Å²) in [4.78, 5) is 8.11. The van der Waals surface area contributed by atoms with Gasteiger partial charge in [0.05, 0.1) is 7.11 Å². The second kappa shape index (κ2) is 3.96. The quantitative estimate of drug-likeness (QED) is 0.807. The van der Waals surface area contributed by atoms with Crippen LogP contribution >= 0.6 is 0 Å². The lowest BCUT2D eigenvalue weighted by Crippen LogP contribution is -1.88. The van der Waals surface area contributed by atoms with Crippen molar-refractivity contribution in [2.75, 3.05) is 7.11 Å². The molecule has 2 aromatic rings. The van der Waals surface area contributed by atoms with Crippen LogP contribution in [0.15, 0.2) is 36.7 Å². The molecule has 4 heteroatoms. The van der Waals surface area contributed by atoms with Crippen LogP contribution in [0.2, 0.25) is 0 Å². The third-order valence-corrected chi connectivity index (χ3v) is 2.01. The summed E-state index contributed by atoms with van der Waals surface area (Å²) >= 11 is 0. The molecule has 2 rings (SSSR count). The minimum Gasteiger partial charge on any atom is -0.506 e. The fraction of sp³-hybridized carbons (Fsp3) is 0.0909. The van der Waals surface area contributed by atoms with E-state index in [0.717, 1.165) is 5.56 Å². The number of ether oxygens (including phenoxy) is 1. The fourth-order valence-corrected chi connectivity index (χ4v) is 1.26. The van der Waals surface area contributed by atoms with E-state index >= 15 is 0 Å². The van der Waals surface area contributed by atoms with Gasteiger partial charge in [-0.25, -0.2) is 4.98 Å². The van der Waals surface area contributed by atoms with Crippen molar-refractivity contribution in [1.82, 2.24) is 9.97 Å². The molecule has 0 bridgehead atoms. The number of hydrogen-bond donors (Lipinski definition) is 1. The van der Waals surface area contributed by atoms with Gasteiger partial charge in [0.25, 0.3) is 0 Å². The van der Waals surface area contributed by atoms with Crippen LogP contribution in [0.25, 0.3) is 11.3 Å². The van der Waals surface area contributed by atoms with Crippen LogP contribution in [0.5, 0.6) is 11.6 Å². The summed E-state index contributed by atoms with van der Waals surface area (Å²) in [5.41, 5.74) is 1.28. The van der Waals surface area contributed by atoms with Crippen LogP contribution in [0.1, 0.15) is 0 Å². The zero-order chi connectivity index (χ0) is 10.7. The van der Waals surface area contributed by atoms with Gasteiger partial charge in [-0.15, -0.1) is 0 Å². The maximum atomic E-state index is 9.57. The molecule has 0 saturated heterocycles. The second-order valence-corrected chi connectivity index (χ2v) is 2.96. The summed E-state index contributed by atoms with van der Waals surface area (Å²) in [5.74, 6) is 0.679. The SMILES string of the molecule is COc1ccc(-c2ncccc2O)cn1. The zero-order valence-electron chi connectivity index (χ0n) is 8.21. The molecule has 0 aliphatic heterocycles. The largest absolute Gasteiger partial charge is 0.506 e. The van der Waals surface area contributed by atoms with Crippen molar-refractivity contribution in [3.63, 3.8) is 0 Å². The Hall–Kier alpha value is -2.10. The first-order valence-electron chi connectivity index (χ1n) is 4.45. The molecular weight excluding hydrogens is 192 g/mol. The molecule has 0 atom stereocenters. The maximum Gasteiger partial charge on any atom is 0.212 e. The summed E-state index contributed by atoms with van der Waals surface area (Å²) < 4.78 is 4.94. The predicted octanol–water partition coefficient (Wildman–Crippen LogP) is 1.86. The lowest BCUT2D eigenvalue weighted by Gasteiger charge is -2.03. The van der Waals surface area contributed by atoms with Crippen molar-refractivity contribution in [2.24, 2.45) is 0 Å². The molecule has 0 radical (unpaired) electrons. The average Bonchev–Trinajstić information content (AvgIpc) is 2.30. The van der Waals surface area contributed by atoms with Gasteiger partial charge in [-0.1, -0.05) is 0 Å². The highest BCUT2D eigenvalue weighted by Gasteiger charge is 2.05. The highest BCUT2D eigenvalue weighted by atomic mass is 16.5. The summed E-state index contributed by atoms with van der Waals surface area (Å²) in [6.45, 7) is 0. The normalized spacial score (nSPS) is 9.93. The molecule has 0 spiro atoms. The lowest BCUT2D eigenvalue weighted by molar-refractivity contribution is 0.398. The van der Waals surface area contributed by atoms with Gasteiger partial charge < -0.3 is 9.84 Å². The summed E-state index contributed by atoms with van der Waals surface area (Å²) in [7, 11) is 1.56. The van der Waals surface area contributed by atoms with Crippen molar-refractivity contribution in [2.45, 2.75) is 0 Å². The van der Waals surface area contributed by atoms with Crippen LogP contribution in [0.3, 0.4) is 0 Å².